The third-order valence-electron chi connectivity index (χ3n) is 2.47. The highest BCUT2D eigenvalue weighted by Crippen LogP contribution is 2.20. The van der Waals surface area contributed by atoms with Gasteiger partial charge in [-0.15, -0.1) is 0 Å². The smallest absolute Gasteiger partial charge is 0.338 e. The number of hydrogen-bond acceptors (Lipinski definition) is 4. The Balaban J connectivity index is 3.29. The van der Waals surface area contributed by atoms with E-state index in [-0.39, 0.29) is 5.75 Å². The molecule has 4 nitrogen and oxygen atoms in total. The van der Waals surface area contributed by atoms with Crippen LogP contribution in [0.15, 0.2) is 12.1 Å². The van der Waals surface area contributed by atoms with Gasteiger partial charge in [-0.05, 0) is 36.6 Å². The Bertz CT molecular complexity index is 549. The average molecular weight is 277 g/mol. The van der Waals surface area contributed by atoms with Crippen LogP contribution in [-0.2, 0) is 19.5 Å². The first-order valence-electron chi connectivity index (χ1n) is 4.85. The van der Waals surface area contributed by atoms with Crippen molar-refractivity contribution < 1.29 is 17.9 Å². The lowest BCUT2D eigenvalue weighted by molar-refractivity contribution is 0.0599. The third kappa shape index (κ3) is 3.71. The van der Waals surface area contributed by atoms with Gasteiger partial charge in [0, 0.05) is 10.7 Å². The molecule has 94 valence electrons. The first kappa shape index (κ1) is 14.0. The van der Waals surface area contributed by atoms with Crippen LogP contribution in [0.4, 0.5) is 0 Å². The maximum absolute atomic E-state index is 11.5. The molecule has 0 spiro atoms. The Morgan fingerprint density at radius 1 is 1.35 bits per heavy atom. The second-order valence-corrected chi connectivity index (χ2v) is 6.54. The number of methoxy groups -OCH3 is 1. The van der Waals surface area contributed by atoms with Crippen LogP contribution in [-0.4, -0.2) is 21.5 Å². The molecule has 1 rings (SSSR count). The lowest BCUT2D eigenvalue weighted by atomic mass is 10.0. The van der Waals surface area contributed by atoms with Gasteiger partial charge in [0.1, 0.15) is 0 Å². The van der Waals surface area contributed by atoms with Crippen LogP contribution in [0.3, 0.4) is 0 Å². The summed E-state index contributed by atoms with van der Waals surface area (Å²) in [5, 5.41) is 0. The molecule has 0 amide bonds. The van der Waals surface area contributed by atoms with Gasteiger partial charge in [0.25, 0.3) is 0 Å². The number of halogens is 1. The minimum atomic E-state index is -3.64. The Morgan fingerprint density at radius 3 is 2.41 bits per heavy atom. The van der Waals surface area contributed by atoms with Gasteiger partial charge >= 0.3 is 5.97 Å². The Morgan fingerprint density at radius 2 is 1.94 bits per heavy atom. The predicted molar refractivity (Wildman–Crippen MR) is 65.7 cm³/mol. The molecule has 0 saturated carbocycles. The molecule has 0 aliphatic carbocycles. The van der Waals surface area contributed by atoms with E-state index in [0.717, 1.165) is 11.1 Å². The minimum Gasteiger partial charge on any atom is -0.465 e. The molecule has 1 aromatic carbocycles. The van der Waals surface area contributed by atoms with Gasteiger partial charge in [-0.1, -0.05) is 6.07 Å². The molecule has 0 aliphatic heterocycles. The molecule has 6 heteroatoms. The summed E-state index contributed by atoms with van der Waals surface area (Å²) in [6, 6.07) is 3.19. The molecule has 0 aromatic heterocycles. The summed E-state index contributed by atoms with van der Waals surface area (Å²) < 4.78 is 26.6. The molecule has 0 radical (unpaired) electrons. The normalized spacial score (nSPS) is 11.3. The molecule has 0 heterocycles. The minimum absolute atomic E-state index is 0.306. The molecule has 0 atom stereocenters. The maximum atomic E-state index is 11.5. The molecule has 0 saturated heterocycles. The Hall–Kier alpha value is -1.07. The zero-order chi connectivity index (χ0) is 13.2. The Kier molecular flexibility index (Phi) is 4.16. The van der Waals surface area contributed by atoms with E-state index in [2.05, 4.69) is 4.74 Å². The zero-order valence-corrected chi connectivity index (χ0v) is 11.4. The zero-order valence-electron chi connectivity index (χ0n) is 9.78. The standard InChI is InChI=1S/C11H13ClO4S/c1-7-4-9(6-17(12,14)15)5-10(8(7)2)11(13)16-3/h4-5H,6H2,1-3H3. The van der Waals surface area contributed by atoms with Crippen molar-refractivity contribution >= 4 is 25.7 Å². The fourth-order valence-corrected chi connectivity index (χ4v) is 2.48. The van der Waals surface area contributed by atoms with Crippen molar-refractivity contribution in [3.63, 3.8) is 0 Å². The molecule has 0 aliphatic rings. The van der Waals surface area contributed by atoms with Crippen LogP contribution in [0.5, 0.6) is 0 Å². The molecule has 0 fully saturated rings. The van der Waals surface area contributed by atoms with Crippen molar-refractivity contribution in [2.45, 2.75) is 19.6 Å². The van der Waals surface area contributed by atoms with E-state index in [1.165, 1.54) is 13.2 Å². The van der Waals surface area contributed by atoms with Crippen LogP contribution in [0.25, 0.3) is 0 Å². The number of rotatable bonds is 3. The number of hydrogen-bond donors (Lipinski definition) is 0. The van der Waals surface area contributed by atoms with Gasteiger partial charge < -0.3 is 4.74 Å². The van der Waals surface area contributed by atoms with Crippen molar-refractivity contribution in [2.75, 3.05) is 7.11 Å². The molecular formula is C11H13ClO4S. The molecule has 0 N–H and O–H groups in total. The highest BCUT2D eigenvalue weighted by molar-refractivity contribution is 8.13. The number of benzene rings is 1. The monoisotopic (exact) mass is 276 g/mol. The highest BCUT2D eigenvalue weighted by atomic mass is 35.7. The van der Waals surface area contributed by atoms with E-state index in [9.17, 15) is 13.2 Å². The van der Waals surface area contributed by atoms with Crippen molar-refractivity contribution in [2.24, 2.45) is 0 Å². The first-order valence-corrected chi connectivity index (χ1v) is 7.33. The van der Waals surface area contributed by atoms with E-state index >= 15 is 0 Å². The van der Waals surface area contributed by atoms with Gasteiger partial charge in [0.15, 0.2) is 0 Å². The predicted octanol–water partition coefficient (Wildman–Crippen LogP) is 2.16. The van der Waals surface area contributed by atoms with E-state index in [4.69, 9.17) is 10.7 Å². The van der Waals surface area contributed by atoms with E-state index in [1.807, 2.05) is 0 Å². The van der Waals surface area contributed by atoms with Crippen molar-refractivity contribution in [1.82, 2.24) is 0 Å². The highest BCUT2D eigenvalue weighted by Gasteiger charge is 2.15. The van der Waals surface area contributed by atoms with Gasteiger partial charge in [0.05, 0.1) is 18.4 Å². The summed E-state index contributed by atoms with van der Waals surface area (Å²) >= 11 is 0. The number of carbonyl (C=O) groups excluding carboxylic acids is 1. The first-order chi connectivity index (χ1) is 7.74. The van der Waals surface area contributed by atoms with E-state index in [1.54, 1.807) is 19.9 Å². The van der Waals surface area contributed by atoms with Gasteiger partial charge in [0.2, 0.25) is 9.05 Å². The van der Waals surface area contributed by atoms with Crippen LogP contribution in [0, 0.1) is 13.8 Å². The quantitative estimate of drug-likeness (QED) is 0.627. The van der Waals surface area contributed by atoms with Crippen LogP contribution < -0.4 is 0 Å². The molecule has 1 aromatic rings. The number of esters is 1. The molecule has 17 heavy (non-hydrogen) atoms. The van der Waals surface area contributed by atoms with Crippen LogP contribution >= 0.6 is 10.7 Å². The summed E-state index contributed by atoms with van der Waals surface area (Å²) in [4.78, 5) is 11.5. The number of aryl methyl sites for hydroxylation is 1. The summed E-state index contributed by atoms with van der Waals surface area (Å²) in [7, 11) is 2.83. The summed E-state index contributed by atoms with van der Waals surface area (Å²) in [6.45, 7) is 3.58. The van der Waals surface area contributed by atoms with Crippen molar-refractivity contribution in [1.29, 1.82) is 0 Å². The fraction of sp³-hybridized carbons (Fsp3) is 0.364. The summed E-state index contributed by atoms with van der Waals surface area (Å²) in [5.74, 6) is -0.793. The van der Waals surface area contributed by atoms with Crippen molar-refractivity contribution in [3.05, 3.63) is 34.4 Å². The fourth-order valence-electron chi connectivity index (χ4n) is 1.54. The number of ether oxygens (including phenoxy) is 1. The van der Waals surface area contributed by atoms with Gasteiger partial charge in [-0.3, -0.25) is 0 Å². The maximum Gasteiger partial charge on any atom is 0.338 e. The lowest BCUT2D eigenvalue weighted by Gasteiger charge is -2.09. The molecule has 0 bridgehead atoms. The van der Waals surface area contributed by atoms with Gasteiger partial charge in [-0.2, -0.15) is 0 Å². The second kappa shape index (κ2) is 5.06. The van der Waals surface area contributed by atoms with Crippen LogP contribution in [0.1, 0.15) is 27.0 Å². The number of carbonyl (C=O) groups is 1. The molecule has 0 unspecified atom stereocenters. The topological polar surface area (TPSA) is 60.4 Å². The SMILES string of the molecule is COC(=O)c1cc(CS(=O)(=O)Cl)cc(C)c1C. The second-order valence-electron chi connectivity index (χ2n) is 3.76. The van der Waals surface area contributed by atoms with E-state index < -0.39 is 15.0 Å². The van der Waals surface area contributed by atoms with Crippen molar-refractivity contribution in [3.8, 4) is 0 Å². The Labute approximate surface area is 105 Å². The summed E-state index contributed by atoms with van der Waals surface area (Å²) in [5.41, 5.74) is 2.43. The summed E-state index contributed by atoms with van der Waals surface area (Å²) in [6.07, 6.45) is 0. The third-order valence-corrected chi connectivity index (χ3v) is 3.48. The largest absolute Gasteiger partial charge is 0.465 e. The molecular weight excluding hydrogens is 264 g/mol. The average Bonchev–Trinajstić information content (AvgIpc) is 2.19. The lowest BCUT2D eigenvalue weighted by Crippen LogP contribution is -2.07. The van der Waals surface area contributed by atoms with Crippen LogP contribution in [0.2, 0.25) is 0 Å². The van der Waals surface area contributed by atoms with Gasteiger partial charge in [-0.25, -0.2) is 13.2 Å². The van der Waals surface area contributed by atoms with E-state index in [0.29, 0.717) is 11.1 Å².